The summed E-state index contributed by atoms with van der Waals surface area (Å²) in [6.45, 7) is 3.66. The first kappa shape index (κ1) is 14.5. The van der Waals surface area contributed by atoms with Gasteiger partial charge in [0.05, 0.1) is 0 Å². The van der Waals surface area contributed by atoms with E-state index in [9.17, 15) is 9.18 Å². The van der Waals surface area contributed by atoms with Crippen molar-refractivity contribution < 1.29 is 9.18 Å². The number of carbonyl (C=O) groups excluding carboxylic acids is 1. The third kappa shape index (κ3) is 3.10. The summed E-state index contributed by atoms with van der Waals surface area (Å²) in [4.78, 5) is 14.8. The summed E-state index contributed by atoms with van der Waals surface area (Å²) in [7, 11) is 0. The van der Waals surface area contributed by atoms with E-state index in [1.165, 1.54) is 25.0 Å². The zero-order valence-electron chi connectivity index (χ0n) is 12.6. The average molecular weight is 290 g/mol. The highest BCUT2D eigenvalue weighted by Crippen LogP contribution is 2.26. The van der Waals surface area contributed by atoms with E-state index in [4.69, 9.17) is 0 Å². The molecule has 21 heavy (non-hydrogen) atoms. The van der Waals surface area contributed by atoms with Gasteiger partial charge in [0.2, 0.25) is 0 Å². The predicted octanol–water partition coefficient (Wildman–Crippen LogP) is 2.88. The van der Waals surface area contributed by atoms with Gasteiger partial charge in [-0.1, -0.05) is 0 Å². The SMILES string of the molecule is Cc1cc(F)cc(C(=O)N2CCCCC2C2CCCN2)c1. The Kier molecular flexibility index (Phi) is 4.24. The highest BCUT2D eigenvalue weighted by Gasteiger charge is 2.34. The van der Waals surface area contributed by atoms with E-state index in [1.54, 1.807) is 6.07 Å². The highest BCUT2D eigenvalue weighted by molar-refractivity contribution is 5.94. The van der Waals surface area contributed by atoms with E-state index in [-0.39, 0.29) is 17.8 Å². The maximum atomic E-state index is 13.6. The normalized spacial score (nSPS) is 26.1. The second-order valence-electron chi connectivity index (χ2n) is 6.28. The summed E-state index contributed by atoms with van der Waals surface area (Å²) in [5.41, 5.74) is 1.28. The zero-order chi connectivity index (χ0) is 14.8. The molecule has 2 saturated heterocycles. The monoisotopic (exact) mass is 290 g/mol. The van der Waals surface area contributed by atoms with Crippen LogP contribution in [0.2, 0.25) is 0 Å². The maximum absolute atomic E-state index is 13.6. The van der Waals surface area contributed by atoms with Gasteiger partial charge in [-0.15, -0.1) is 0 Å². The zero-order valence-corrected chi connectivity index (χ0v) is 12.6. The van der Waals surface area contributed by atoms with Crippen LogP contribution in [0.5, 0.6) is 0 Å². The summed E-state index contributed by atoms with van der Waals surface area (Å²) in [6, 6.07) is 5.28. The van der Waals surface area contributed by atoms with E-state index < -0.39 is 0 Å². The van der Waals surface area contributed by atoms with Crippen LogP contribution in [-0.4, -0.2) is 36.0 Å². The standard InChI is InChI=1S/C17H23FN2O/c1-12-9-13(11-14(18)10-12)17(21)20-8-3-2-6-16(20)15-5-4-7-19-15/h9-11,15-16,19H,2-8H2,1H3. The summed E-state index contributed by atoms with van der Waals surface area (Å²) in [6.07, 6.45) is 5.59. The molecule has 4 heteroatoms. The number of amides is 1. The van der Waals surface area contributed by atoms with E-state index in [0.29, 0.717) is 11.6 Å². The predicted molar refractivity (Wildman–Crippen MR) is 80.8 cm³/mol. The summed E-state index contributed by atoms with van der Waals surface area (Å²) in [5.74, 6) is -0.345. The molecule has 0 aromatic heterocycles. The number of hydrogen-bond donors (Lipinski definition) is 1. The van der Waals surface area contributed by atoms with E-state index in [0.717, 1.165) is 37.9 Å². The molecule has 0 radical (unpaired) electrons. The number of rotatable bonds is 2. The van der Waals surface area contributed by atoms with Crippen molar-refractivity contribution in [2.75, 3.05) is 13.1 Å². The van der Waals surface area contributed by atoms with Crippen LogP contribution in [-0.2, 0) is 0 Å². The third-order valence-corrected chi connectivity index (χ3v) is 4.66. The molecular formula is C17H23FN2O. The molecule has 2 heterocycles. The van der Waals surface area contributed by atoms with Gasteiger partial charge < -0.3 is 10.2 Å². The molecule has 3 nitrogen and oxygen atoms in total. The fourth-order valence-electron chi connectivity index (χ4n) is 3.69. The number of likely N-dealkylation sites (tertiary alicyclic amines) is 1. The Balaban J connectivity index is 1.83. The van der Waals surface area contributed by atoms with Gasteiger partial charge >= 0.3 is 0 Å². The first-order valence-corrected chi connectivity index (χ1v) is 7.97. The topological polar surface area (TPSA) is 32.3 Å². The van der Waals surface area contributed by atoms with Gasteiger partial charge in [-0.25, -0.2) is 4.39 Å². The van der Waals surface area contributed by atoms with Gasteiger partial charge in [-0.2, -0.15) is 0 Å². The lowest BCUT2D eigenvalue weighted by Crippen LogP contribution is -2.52. The molecule has 114 valence electrons. The Morgan fingerprint density at radius 3 is 2.81 bits per heavy atom. The maximum Gasteiger partial charge on any atom is 0.254 e. The number of aryl methyl sites for hydroxylation is 1. The van der Waals surface area contributed by atoms with Crippen LogP contribution >= 0.6 is 0 Å². The molecule has 1 N–H and O–H groups in total. The number of nitrogens with zero attached hydrogens (tertiary/aromatic N) is 1. The van der Waals surface area contributed by atoms with Gasteiger partial charge in [0.15, 0.2) is 0 Å². The Labute approximate surface area is 125 Å². The van der Waals surface area contributed by atoms with Gasteiger partial charge in [0, 0.05) is 24.2 Å². The first-order chi connectivity index (χ1) is 10.1. The molecule has 0 aliphatic carbocycles. The van der Waals surface area contributed by atoms with Gasteiger partial charge in [0.1, 0.15) is 5.82 Å². The number of hydrogen-bond acceptors (Lipinski definition) is 2. The Morgan fingerprint density at radius 1 is 1.24 bits per heavy atom. The quantitative estimate of drug-likeness (QED) is 0.908. The minimum absolute atomic E-state index is 0.0176. The van der Waals surface area contributed by atoms with Crippen LogP contribution < -0.4 is 5.32 Å². The second-order valence-corrected chi connectivity index (χ2v) is 6.28. The molecule has 0 saturated carbocycles. The summed E-state index contributed by atoms with van der Waals surface area (Å²) >= 11 is 0. The molecule has 1 amide bonds. The molecule has 1 aromatic rings. The molecule has 0 spiro atoms. The second kappa shape index (κ2) is 6.14. The molecule has 2 unspecified atom stereocenters. The van der Waals surface area contributed by atoms with Crippen molar-refractivity contribution in [3.63, 3.8) is 0 Å². The minimum atomic E-state index is -0.328. The molecule has 0 bridgehead atoms. The van der Waals surface area contributed by atoms with Crippen molar-refractivity contribution in [3.05, 3.63) is 35.1 Å². The Bertz CT molecular complexity index is 505. The van der Waals surface area contributed by atoms with Crippen LogP contribution in [0.3, 0.4) is 0 Å². The van der Waals surface area contributed by atoms with E-state index in [2.05, 4.69) is 5.32 Å². The van der Waals surface area contributed by atoms with Crippen molar-refractivity contribution in [2.24, 2.45) is 0 Å². The average Bonchev–Trinajstić information content (AvgIpc) is 2.99. The van der Waals surface area contributed by atoms with Crippen molar-refractivity contribution in [3.8, 4) is 0 Å². The lowest BCUT2D eigenvalue weighted by molar-refractivity contribution is 0.0563. The Morgan fingerprint density at radius 2 is 2.10 bits per heavy atom. The number of halogens is 1. The third-order valence-electron chi connectivity index (χ3n) is 4.66. The molecule has 3 rings (SSSR count). The lowest BCUT2D eigenvalue weighted by atomic mass is 9.93. The fourth-order valence-corrected chi connectivity index (χ4v) is 3.69. The molecule has 1 aromatic carbocycles. The van der Waals surface area contributed by atoms with E-state index >= 15 is 0 Å². The molecule has 2 aliphatic heterocycles. The number of benzene rings is 1. The van der Waals surface area contributed by atoms with Crippen LogP contribution in [0, 0.1) is 12.7 Å². The number of carbonyl (C=O) groups is 1. The highest BCUT2D eigenvalue weighted by atomic mass is 19.1. The van der Waals surface area contributed by atoms with Crippen molar-refractivity contribution in [1.29, 1.82) is 0 Å². The van der Waals surface area contributed by atoms with Crippen LogP contribution in [0.4, 0.5) is 4.39 Å². The van der Waals surface area contributed by atoms with Crippen molar-refractivity contribution in [1.82, 2.24) is 10.2 Å². The summed E-state index contributed by atoms with van der Waals surface area (Å²) < 4.78 is 13.6. The minimum Gasteiger partial charge on any atom is -0.334 e. The largest absolute Gasteiger partial charge is 0.334 e. The fraction of sp³-hybridized carbons (Fsp3) is 0.588. The van der Waals surface area contributed by atoms with Crippen molar-refractivity contribution >= 4 is 5.91 Å². The number of piperidine rings is 1. The van der Waals surface area contributed by atoms with Crippen molar-refractivity contribution in [2.45, 2.75) is 51.1 Å². The van der Waals surface area contributed by atoms with Gasteiger partial charge in [-0.3, -0.25) is 4.79 Å². The molecule has 2 atom stereocenters. The van der Waals surface area contributed by atoms with Crippen LogP contribution in [0.1, 0.15) is 48.0 Å². The summed E-state index contributed by atoms with van der Waals surface area (Å²) in [5, 5.41) is 3.52. The molecule has 2 aliphatic rings. The van der Waals surface area contributed by atoms with E-state index in [1.807, 2.05) is 11.8 Å². The van der Waals surface area contributed by atoms with Crippen LogP contribution in [0.25, 0.3) is 0 Å². The van der Waals surface area contributed by atoms with Gasteiger partial charge in [-0.05, 0) is 69.3 Å². The molecular weight excluding hydrogens is 267 g/mol. The smallest absolute Gasteiger partial charge is 0.254 e. The Hall–Kier alpha value is -1.42. The first-order valence-electron chi connectivity index (χ1n) is 7.97. The van der Waals surface area contributed by atoms with Gasteiger partial charge in [0.25, 0.3) is 5.91 Å². The molecule has 2 fully saturated rings. The van der Waals surface area contributed by atoms with Crippen LogP contribution in [0.15, 0.2) is 18.2 Å². The lowest BCUT2D eigenvalue weighted by Gasteiger charge is -2.39. The number of nitrogens with one attached hydrogen (secondary N) is 1.